The fourth-order valence-corrected chi connectivity index (χ4v) is 2.90. The van der Waals surface area contributed by atoms with Gasteiger partial charge >= 0.3 is 0 Å². The summed E-state index contributed by atoms with van der Waals surface area (Å²) in [5, 5.41) is 3.63. The second-order valence-electron chi connectivity index (χ2n) is 5.39. The third-order valence-electron chi connectivity index (χ3n) is 3.95. The highest BCUT2D eigenvalue weighted by atomic mass is 79.9. The lowest BCUT2D eigenvalue weighted by Crippen LogP contribution is -2.43. The quantitative estimate of drug-likeness (QED) is 0.926. The van der Waals surface area contributed by atoms with Crippen LogP contribution in [-0.2, 0) is 6.54 Å². The molecule has 4 heteroatoms. The van der Waals surface area contributed by atoms with Crippen LogP contribution in [-0.4, -0.2) is 35.1 Å². The zero-order valence-electron chi connectivity index (χ0n) is 10.6. The molecule has 2 heterocycles. The minimum atomic E-state index is 0.672. The Morgan fingerprint density at radius 3 is 2.61 bits per heavy atom. The van der Waals surface area contributed by atoms with Crippen LogP contribution in [0.2, 0.25) is 0 Å². The number of pyridine rings is 1. The number of nitrogens with one attached hydrogen (secondary N) is 1. The van der Waals surface area contributed by atoms with Gasteiger partial charge in [0.2, 0.25) is 0 Å². The SMILES string of the molecule is Brc1ccc(CNC2CCN(C3CC3)CC2)nc1. The number of likely N-dealkylation sites (tertiary alicyclic amines) is 1. The number of aromatic nitrogens is 1. The molecule has 0 radical (unpaired) electrons. The van der Waals surface area contributed by atoms with E-state index in [1.165, 1.54) is 38.8 Å². The average Bonchev–Trinajstić information content (AvgIpc) is 3.23. The lowest BCUT2D eigenvalue weighted by molar-refractivity contribution is 0.189. The van der Waals surface area contributed by atoms with Crippen LogP contribution in [0.1, 0.15) is 31.4 Å². The molecule has 1 aromatic heterocycles. The minimum absolute atomic E-state index is 0.672. The van der Waals surface area contributed by atoms with Crippen LogP contribution in [0.15, 0.2) is 22.8 Å². The maximum absolute atomic E-state index is 4.40. The number of nitrogens with zero attached hydrogens (tertiary/aromatic N) is 2. The highest BCUT2D eigenvalue weighted by molar-refractivity contribution is 9.10. The lowest BCUT2D eigenvalue weighted by atomic mass is 10.0. The summed E-state index contributed by atoms with van der Waals surface area (Å²) >= 11 is 3.41. The molecule has 98 valence electrons. The fraction of sp³-hybridized carbons (Fsp3) is 0.643. The van der Waals surface area contributed by atoms with Gasteiger partial charge in [-0.05, 0) is 66.8 Å². The Morgan fingerprint density at radius 2 is 2.00 bits per heavy atom. The maximum Gasteiger partial charge on any atom is 0.0542 e. The van der Waals surface area contributed by atoms with Crippen LogP contribution in [0.4, 0.5) is 0 Å². The molecule has 1 aromatic rings. The zero-order chi connectivity index (χ0) is 12.4. The van der Waals surface area contributed by atoms with Gasteiger partial charge in [0.05, 0.1) is 5.69 Å². The molecule has 2 aliphatic rings. The Kier molecular flexibility index (Phi) is 3.97. The summed E-state index contributed by atoms with van der Waals surface area (Å²) in [5.74, 6) is 0. The molecule has 1 N–H and O–H groups in total. The minimum Gasteiger partial charge on any atom is -0.308 e. The second-order valence-corrected chi connectivity index (χ2v) is 6.31. The van der Waals surface area contributed by atoms with Gasteiger partial charge in [-0.2, -0.15) is 0 Å². The number of piperidine rings is 1. The first kappa shape index (κ1) is 12.6. The predicted molar refractivity (Wildman–Crippen MR) is 76.4 cm³/mol. The van der Waals surface area contributed by atoms with E-state index in [1.54, 1.807) is 0 Å². The molecule has 3 rings (SSSR count). The van der Waals surface area contributed by atoms with Crippen molar-refractivity contribution in [2.24, 2.45) is 0 Å². The summed E-state index contributed by atoms with van der Waals surface area (Å²) in [6.45, 7) is 3.44. The first-order valence-electron chi connectivity index (χ1n) is 6.89. The van der Waals surface area contributed by atoms with Crippen molar-refractivity contribution in [2.45, 2.75) is 44.3 Å². The van der Waals surface area contributed by atoms with E-state index in [0.29, 0.717) is 6.04 Å². The molecule has 2 fully saturated rings. The van der Waals surface area contributed by atoms with E-state index in [1.807, 2.05) is 6.20 Å². The van der Waals surface area contributed by atoms with Crippen LogP contribution in [0.5, 0.6) is 0 Å². The zero-order valence-corrected chi connectivity index (χ0v) is 12.2. The van der Waals surface area contributed by atoms with Crippen molar-refractivity contribution < 1.29 is 0 Å². The van der Waals surface area contributed by atoms with Crippen molar-refractivity contribution in [3.8, 4) is 0 Å². The molecule has 1 saturated heterocycles. The van der Waals surface area contributed by atoms with Gasteiger partial charge < -0.3 is 10.2 Å². The van der Waals surface area contributed by atoms with Gasteiger partial charge in [-0.1, -0.05) is 0 Å². The summed E-state index contributed by atoms with van der Waals surface area (Å²) in [7, 11) is 0. The van der Waals surface area contributed by atoms with Gasteiger partial charge in [-0.25, -0.2) is 0 Å². The molecule has 0 aromatic carbocycles. The van der Waals surface area contributed by atoms with Crippen LogP contribution < -0.4 is 5.32 Å². The Bertz CT molecular complexity index is 381. The molecule has 18 heavy (non-hydrogen) atoms. The predicted octanol–water partition coefficient (Wildman–Crippen LogP) is 2.56. The van der Waals surface area contributed by atoms with E-state index in [2.05, 4.69) is 43.3 Å². The average molecular weight is 310 g/mol. The van der Waals surface area contributed by atoms with Crippen molar-refractivity contribution in [2.75, 3.05) is 13.1 Å². The first-order valence-corrected chi connectivity index (χ1v) is 7.68. The summed E-state index contributed by atoms with van der Waals surface area (Å²) in [5.41, 5.74) is 1.13. The molecule has 1 saturated carbocycles. The van der Waals surface area contributed by atoms with E-state index in [9.17, 15) is 0 Å². The van der Waals surface area contributed by atoms with Gasteiger partial charge in [0.1, 0.15) is 0 Å². The van der Waals surface area contributed by atoms with Gasteiger partial charge in [0.15, 0.2) is 0 Å². The van der Waals surface area contributed by atoms with E-state index < -0.39 is 0 Å². The van der Waals surface area contributed by atoms with Crippen molar-refractivity contribution in [1.29, 1.82) is 0 Å². The Morgan fingerprint density at radius 1 is 1.22 bits per heavy atom. The number of hydrogen-bond acceptors (Lipinski definition) is 3. The summed E-state index contributed by atoms with van der Waals surface area (Å²) in [4.78, 5) is 7.06. The number of hydrogen-bond donors (Lipinski definition) is 1. The Hall–Kier alpha value is -0.450. The number of halogens is 1. The highest BCUT2D eigenvalue weighted by Crippen LogP contribution is 2.29. The van der Waals surface area contributed by atoms with Gasteiger partial charge in [0, 0.05) is 29.3 Å². The van der Waals surface area contributed by atoms with Crippen LogP contribution in [0, 0.1) is 0 Å². The largest absolute Gasteiger partial charge is 0.308 e. The third kappa shape index (κ3) is 3.31. The second kappa shape index (κ2) is 5.68. The fourth-order valence-electron chi connectivity index (χ4n) is 2.67. The normalized spacial score (nSPS) is 22.3. The van der Waals surface area contributed by atoms with Crippen molar-refractivity contribution in [3.05, 3.63) is 28.5 Å². The third-order valence-corrected chi connectivity index (χ3v) is 4.42. The molecule has 0 unspecified atom stereocenters. The standard InChI is InChI=1S/C14H20BrN3/c15-11-1-2-13(16-9-11)10-17-12-5-7-18(8-6-12)14-3-4-14/h1-2,9,12,14,17H,3-8,10H2. The Balaban J connectivity index is 1.42. The topological polar surface area (TPSA) is 28.2 Å². The monoisotopic (exact) mass is 309 g/mol. The van der Waals surface area contributed by atoms with Crippen molar-refractivity contribution >= 4 is 15.9 Å². The number of rotatable bonds is 4. The smallest absolute Gasteiger partial charge is 0.0542 e. The van der Waals surface area contributed by atoms with E-state index >= 15 is 0 Å². The molecule has 1 aliphatic carbocycles. The maximum atomic E-state index is 4.40. The molecule has 1 aliphatic heterocycles. The molecule has 0 spiro atoms. The molecule has 3 nitrogen and oxygen atoms in total. The van der Waals surface area contributed by atoms with E-state index in [4.69, 9.17) is 0 Å². The molecule has 0 bridgehead atoms. The van der Waals surface area contributed by atoms with Crippen molar-refractivity contribution in [1.82, 2.24) is 15.2 Å². The summed E-state index contributed by atoms with van der Waals surface area (Å²) < 4.78 is 1.05. The van der Waals surface area contributed by atoms with E-state index in [0.717, 1.165) is 22.8 Å². The molecule has 0 amide bonds. The van der Waals surface area contributed by atoms with Crippen molar-refractivity contribution in [3.63, 3.8) is 0 Å². The molecular weight excluding hydrogens is 290 g/mol. The summed E-state index contributed by atoms with van der Waals surface area (Å²) in [6, 6.07) is 5.74. The van der Waals surface area contributed by atoms with Gasteiger partial charge in [-0.3, -0.25) is 4.98 Å². The van der Waals surface area contributed by atoms with Crippen LogP contribution in [0.25, 0.3) is 0 Å². The van der Waals surface area contributed by atoms with Gasteiger partial charge in [0.25, 0.3) is 0 Å². The van der Waals surface area contributed by atoms with Crippen LogP contribution in [0.3, 0.4) is 0 Å². The lowest BCUT2D eigenvalue weighted by Gasteiger charge is -2.32. The highest BCUT2D eigenvalue weighted by Gasteiger charge is 2.31. The van der Waals surface area contributed by atoms with Gasteiger partial charge in [-0.15, -0.1) is 0 Å². The summed E-state index contributed by atoms with van der Waals surface area (Å²) in [6.07, 6.45) is 7.30. The molecule has 0 atom stereocenters. The van der Waals surface area contributed by atoms with E-state index in [-0.39, 0.29) is 0 Å². The molecular formula is C14H20BrN3. The first-order chi connectivity index (χ1) is 8.81. The Labute approximate surface area is 117 Å². The van der Waals surface area contributed by atoms with Crippen LogP contribution >= 0.6 is 15.9 Å².